The molecule has 0 fully saturated rings. The largest absolute Gasteiger partial charge is 0.391 e. The third-order valence-corrected chi connectivity index (χ3v) is 2.37. The lowest BCUT2D eigenvalue weighted by atomic mass is 9.98. The van der Waals surface area contributed by atoms with Crippen LogP contribution in [0.5, 0.6) is 0 Å². The van der Waals surface area contributed by atoms with Gasteiger partial charge in [0.15, 0.2) is 0 Å². The first-order valence-electron chi connectivity index (χ1n) is 4.21. The predicted octanol–water partition coefficient (Wildman–Crippen LogP) is 4.20. The third-order valence-electron chi connectivity index (χ3n) is 1.84. The quantitative estimate of drug-likeness (QED) is 0.607. The molecule has 0 aromatic carbocycles. The summed E-state index contributed by atoms with van der Waals surface area (Å²) in [4.78, 5) is 0. The molecule has 0 N–H and O–H groups in total. The van der Waals surface area contributed by atoms with Crippen molar-refractivity contribution in [3.63, 3.8) is 0 Å². The van der Waals surface area contributed by atoms with Crippen molar-refractivity contribution in [2.45, 2.75) is 31.9 Å². The number of rotatable bonds is 6. The summed E-state index contributed by atoms with van der Waals surface area (Å²) in [5.41, 5.74) is 0. The van der Waals surface area contributed by atoms with Crippen LogP contribution in [0.1, 0.15) is 25.7 Å². The summed E-state index contributed by atoms with van der Waals surface area (Å²) >= 11 is 10.7. The maximum absolute atomic E-state index is 12.3. The highest BCUT2D eigenvalue weighted by Crippen LogP contribution is 2.33. The Morgan fingerprint density at radius 1 is 0.923 bits per heavy atom. The maximum atomic E-state index is 12.3. The normalized spacial score (nSPS) is 12.5. The third kappa shape index (κ3) is 6.44. The van der Waals surface area contributed by atoms with Gasteiger partial charge in [-0.05, 0) is 25.7 Å². The van der Waals surface area contributed by atoms with Crippen LogP contribution in [-0.4, -0.2) is 17.9 Å². The van der Waals surface area contributed by atoms with Crippen molar-refractivity contribution in [1.82, 2.24) is 0 Å². The molecule has 0 nitrogen and oxygen atoms in total. The molecule has 0 aromatic rings. The van der Waals surface area contributed by atoms with Crippen LogP contribution in [0.25, 0.3) is 0 Å². The SMILES string of the molecule is FC(F)(F)C(CCCCl)CCCCl. The molecule has 5 heteroatoms. The fraction of sp³-hybridized carbons (Fsp3) is 1.00. The Labute approximate surface area is 86.4 Å². The van der Waals surface area contributed by atoms with Crippen LogP contribution in [0.4, 0.5) is 13.2 Å². The monoisotopic (exact) mass is 236 g/mol. The summed E-state index contributed by atoms with van der Waals surface area (Å²) in [5, 5.41) is 0. The number of hydrogen-bond donors (Lipinski definition) is 0. The molecule has 80 valence electrons. The van der Waals surface area contributed by atoms with Gasteiger partial charge in [-0.2, -0.15) is 13.2 Å². The predicted molar refractivity (Wildman–Crippen MR) is 49.5 cm³/mol. The Kier molecular flexibility index (Phi) is 6.96. The molecule has 13 heavy (non-hydrogen) atoms. The van der Waals surface area contributed by atoms with Crippen molar-refractivity contribution in [3.05, 3.63) is 0 Å². The van der Waals surface area contributed by atoms with E-state index in [1.165, 1.54) is 0 Å². The van der Waals surface area contributed by atoms with Crippen molar-refractivity contribution >= 4 is 23.2 Å². The molecule has 0 aromatic heterocycles. The zero-order chi connectivity index (χ0) is 10.3. The van der Waals surface area contributed by atoms with Crippen molar-refractivity contribution in [1.29, 1.82) is 0 Å². The van der Waals surface area contributed by atoms with E-state index in [4.69, 9.17) is 23.2 Å². The second-order valence-electron chi connectivity index (χ2n) is 2.90. The Morgan fingerprint density at radius 2 is 1.31 bits per heavy atom. The van der Waals surface area contributed by atoms with Crippen molar-refractivity contribution in [2.24, 2.45) is 5.92 Å². The molecule has 0 aliphatic heterocycles. The van der Waals surface area contributed by atoms with Gasteiger partial charge < -0.3 is 0 Å². The van der Waals surface area contributed by atoms with Crippen molar-refractivity contribution in [2.75, 3.05) is 11.8 Å². The first kappa shape index (κ1) is 13.4. The second-order valence-corrected chi connectivity index (χ2v) is 3.66. The summed E-state index contributed by atoms with van der Waals surface area (Å²) in [5.74, 6) is -0.661. The highest BCUT2D eigenvalue weighted by molar-refractivity contribution is 6.18. The van der Waals surface area contributed by atoms with E-state index >= 15 is 0 Å². The van der Waals surface area contributed by atoms with E-state index in [0.29, 0.717) is 12.8 Å². The molecule has 0 saturated carbocycles. The fourth-order valence-corrected chi connectivity index (χ4v) is 1.43. The maximum Gasteiger partial charge on any atom is 0.391 e. The van der Waals surface area contributed by atoms with E-state index in [1.807, 2.05) is 0 Å². The molecule has 0 aliphatic carbocycles. The van der Waals surface area contributed by atoms with Gasteiger partial charge in [0.2, 0.25) is 0 Å². The van der Waals surface area contributed by atoms with Crippen LogP contribution in [0, 0.1) is 5.92 Å². The molecule has 0 spiro atoms. The minimum atomic E-state index is -4.10. The first-order valence-corrected chi connectivity index (χ1v) is 5.28. The van der Waals surface area contributed by atoms with E-state index in [0.717, 1.165) is 0 Å². The second kappa shape index (κ2) is 6.77. The van der Waals surface area contributed by atoms with Crippen LogP contribution in [0.3, 0.4) is 0 Å². The van der Waals surface area contributed by atoms with Gasteiger partial charge in [0.05, 0.1) is 5.92 Å². The highest BCUT2D eigenvalue weighted by atomic mass is 35.5. The standard InChI is InChI=1S/C8H13Cl2F3/c9-5-1-3-7(4-2-6-10)8(11,12)13/h7H,1-6H2. The Balaban J connectivity index is 3.88. The Hall–Kier alpha value is 0.370. The van der Waals surface area contributed by atoms with Crippen LogP contribution in [-0.2, 0) is 0 Å². The molecule has 0 saturated heterocycles. The number of alkyl halides is 5. The Bertz CT molecular complexity index is 117. The summed E-state index contributed by atoms with van der Waals surface area (Å²) in [7, 11) is 0. The van der Waals surface area contributed by atoms with Gasteiger partial charge in [0, 0.05) is 11.8 Å². The lowest BCUT2D eigenvalue weighted by molar-refractivity contribution is -0.178. The van der Waals surface area contributed by atoms with E-state index in [1.54, 1.807) is 0 Å². The van der Waals surface area contributed by atoms with Gasteiger partial charge >= 0.3 is 6.18 Å². The van der Waals surface area contributed by atoms with Gasteiger partial charge in [0.1, 0.15) is 0 Å². The number of halogens is 5. The molecule has 0 bridgehead atoms. The topological polar surface area (TPSA) is 0 Å². The lowest BCUT2D eigenvalue weighted by Gasteiger charge is -2.19. The van der Waals surface area contributed by atoms with Crippen molar-refractivity contribution < 1.29 is 13.2 Å². The highest BCUT2D eigenvalue weighted by Gasteiger charge is 2.37. The zero-order valence-electron chi connectivity index (χ0n) is 7.21. The van der Waals surface area contributed by atoms with E-state index < -0.39 is 12.1 Å². The summed E-state index contributed by atoms with van der Waals surface area (Å²) in [6.07, 6.45) is -3.05. The van der Waals surface area contributed by atoms with E-state index in [2.05, 4.69) is 0 Å². The molecule has 0 amide bonds. The molecule has 0 rings (SSSR count). The van der Waals surface area contributed by atoms with Gasteiger partial charge in [-0.25, -0.2) is 0 Å². The summed E-state index contributed by atoms with van der Waals surface area (Å²) in [6.45, 7) is 0. The van der Waals surface area contributed by atoms with Gasteiger partial charge in [0.25, 0.3) is 0 Å². The first-order chi connectivity index (χ1) is 6.02. The average molecular weight is 237 g/mol. The van der Waals surface area contributed by atoms with Gasteiger partial charge in [-0.3, -0.25) is 0 Å². The van der Waals surface area contributed by atoms with Gasteiger partial charge in [-0.15, -0.1) is 23.2 Å². The van der Waals surface area contributed by atoms with E-state index in [-0.39, 0.29) is 24.6 Å². The summed E-state index contributed by atoms with van der Waals surface area (Å²) in [6, 6.07) is 0. The molecule has 0 atom stereocenters. The lowest BCUT2D eigenvalue weighted by Crippen LogP contribution is -2.23. The Morgan fingerprint density at radius 3 is 1.54 bits per heavy atom. The number of hydrogen-bond acceptors (Lipinski definition) is 0. The molecule has 0 radical (unpaired) electrons. The molecule has 0 heterocycles. The molecular formula is C8H13Cl2F3. The molecule has 0 unspecified atom stereocenters. The zero-order valence-corrected chi connectivity index (χ0v) is 8.72. The minimum Gasteiger partial charge on any atom is -0.171 e. The molecule has 0 aliphatic rings. The van der Waals surface area contributed by atoms with Crippen LogP contribution >= 0.6 is 23.2 Å². The van der Waals surface area contributed by atoms with Crippen molar-refractivity contribution in [3.8, 4) is 0 Å². The average Bonchev–Trinajstić information content (AvgIpc) is 2.02. The van der Waals surface area contributed by atoms with Crippen LogP contribution < -0.4 is 0 Å². The van der Waals surface area contributed by atoms with Gasteiger partial charge in [-0.1, -0.05) is 0 Å². The van der Waals surface area contributed by atoms with E-state index in [9.17, 15) is 13.2 Å². The molecular weight excluding hydrogens is 224 g/mol. The van der Waals surface area contributed by atoms with Crippen LogP contribution in [0.15, 0.2) is 0 Å². The summed E-state index contributed by atoms with van der Waals surface area (Å²) < 4.78 is 36.8. The fourth-order valence-electron chi connectivity index (χ4n) is 1.12. The smallest absolute Gasteiger partial charge is 0.171 e. The van der Waals surface area contributed by atoms with Crippen LogP contribution in [0.2, 0.25) is 0 Å². The minimum absolute atomic E-state index is 0.115.